The number of rotatable bonds is 4. The molecule has 0 aromatic heterocycles. The number of aliphatic carboxylic acids is 1. The van der Waals surface area contributed by atoms with Crippen LogP contribution in [0.4, 0.5) is 11.4 Å². The van der Waals surface area contributed by atoms with E-state index in [1.165, 1.54) is 38.8 Å². The summed E-state index contributed by atoms with van der Waals surface area (Å²) in [6.07, 6.45) is 2.56. The number of carboxylic acid groups (broad SMARTS) is 1. The molecule has 0 spiro atoms. The van der Waals surface area contributed by atoms with E-state index in [0.717, 1.165) is 19.3 Å². The van der Waals surface area contributed by atoms with Crippen molar-refractivity contribution in [3.8, 4) is 11.5 Å². The molecule has 2 heterocycles. The number of hydrogen-bond acceptors (Lipinski definition) is 9. The van der Waals surface area contributed by atoms with Gasteiger partial charge >= 0.3 is 11.9 Å². The molecular formula is C32H44N2O10. The number of nitrogens with zero attached hydrogens (tertiary/aromatic N) is 2. The number of phenols is 1. The predicted molar refractivity (Wildman–Crippen MR) is 165 cm³/mol. The number of fused-ring (bicyclic) bond motifs is 1. The summed E-state index contributed by atoms with van der Waals surface area (Å²) in [5.74, 6) is -1.56. The number of carbonyl (C=O) groups is 2. The van der Waals surface area contributed by atoms with E-state index in [2.05, 4.69) is 0 Å². The van der Waals surface area contributed by atoms with Gasteiger partial charge in [-0.2, -0.15) is 0 Å². The van der Waals surface area contributed by atoms with Gasteiger partial charge in [-0.25, -0.2) is 0 Å². The summed E-state index contributed by atoms with van der Waals surface area (Å²) >= 11 is 0. The second-order valence-corrected chi connectivity index (χ2v) is 14.0. The molecule has 0 amide bonds. The van der Waals surface area contributed by atoms with Crippen LogP contribution in [0, 0.1) is 20.2 Å². The van der Waals surface area contributed by atoms with E-state index >= 15 is 0 Å². The van der Waals surface area contributed by atoms with Crippen molar-refractivity contribution in [1.82, 2.24) is 0 Å². The molecule has 242 valence electrons. The molecule has 2 N–H and O–H groups in total. The summed E-state index contributed by atoms with van der Waals surface area (Å²) in [6.45, 7) is 19.5. The van der Waals surface area contributed by atoms with Crippen molar-refractivity contribution in [3.63, 3.8) is 0 Å². The minimum absolute atomic E-state index is 0.00301. The molecule has 0 aliphatic carbocycles. The van der Waals surface area contributed by atoms with Crippen LogP contribution in [0.2, 0.25) is 0 Å². The number of hydrogen-bond donors (Lipinski definition) is 2. The quantitative estimate of drug-likeness (QED) is 0.160. The zero-order valence-electron chi connectivity index (χ0n) is 27.2. The van der Waals surface area contributed by atoms with Gasteiger partial charge in [0.1, 0.15) is 11.5 Å². The number of carboxylic acids is 1. The topological polar surface area (TPSA) is 179 Å². The van der Waals surface area contributed by atoms with E-state index in [0.29, 0.717) is 22.4 Å². The minimum Gasteiger partial charge on any atom is -0.507 e. The maximum atomic E-state index is 11.8. The van der Waals surface area contributed by atoms with Crippen LogP contribution in [0.15, 0.2) is 24.3 Å². The Morgan fingerprint density at radius 1 is 0.818 bits per heavy atom. The Morgan fingerprint density at radius 2 is 1.27 bits per heavy atom. The first kappa shape index (κ1) is 36.1. The number of carbonyl (C=O) groups excluding carboxylic acids is 1. The lowest BCUT2D eigenvalue weighted by Crippen LogP contribution is -2.29. The summed E-state index contributed by atoms with van der Waals surface area (Å²) < 4.78 is 10.1. The molecule has 0 radical (unpaired) electrons. The summed E-state index contributed by atoms with van der Waals surface area (Å²) in [4.78, 5) is 44.4. The van der Waals surface area contributed by atoms with Crippen LogP contribution >= 0.6 is 0 Å². The molecule has 4 rings (SSSR count). The molecule has 2 aliphatic heterocycles. The van der Waals surface area contributed by atoms with Gasteiger partial charge in [-0.1, -0.05) is 41.5 Å². The Hall–Kier alpha value is -4.06. The highest BCUT2D eigenvalue weighted by atomic mass is 16.6. The van der Waals surface area contributed by atoms with Gasteiger partial charge in [0.2, 0.25) is 0 Å². The third kappa shape index (κ3) is 7.90. The highest BCUT2D eigenvalue weighted by Gasteiger charge is 2.43. The molecule has 0 bridgehead atoms. The van der Waals surface area contributed by atoms with Crippen molar-refractivity contribution >= 4 is 23.3 Å². The van der Waals surface area contributed by atoms with Crippen molar-refractivity contribution in [2.45, 2.75) is 104 Å². The number of nitro benzene ring substituents is 2. The summed E-state index contributed by atoms with van der Waals surface area (Å²) in [6, 6.07) is 5.54. The van der Waals surface area contributed by atoms with E-state index in [9.17, 15) is 40.0 Å². The number of ether oxygens (including phenoxy) is 2. The van der Waals surface area contributed by atoms with Crippen molar-refractivity contribution in [1.29, 1.82) is 0 Å². The van der Waals surface area contributed by atoms with Gasteiger partial charge in [0.25, 0.3) is 11.4 Å². The van der Waals surface area contributed by atoms with Gasteiger partial charge in [-0.15, -0.1) is 0 Å². The molecular weight excluding hydrogens is 572 g/mol. The van der Waals surface area contributed by atoms with Crippen LogP contribution in [0.5, 0.6) is 11.5 Å². The molecule has 2 aliphatic rings. The monoisotopic (exact) mass is 616 g/mol. The minimum atomic E-state index is -1.33. The van der Waals surface area contributed by atoms with Gasteiger partial charge in [-0.3, -0.25) is 29.8 Å². The normalized spacial score (nSPS) is 15.6. The lowest BCUT2D eigenvalue weighted by Gasteiger charge is -2.25. The van der Waals surface area contributed by atoms with E-state index in [4.69, 9.17) is 9.47 Å². The predicted octanol–water partition coefficient (Wildman–Crippen LogP) is 6.85. The lowest BCUT2D eigenvalue weighted by atomic mass is 9.78. The maximum absolute atomic E-state index is 11.8. The highest BCUT2D eigenvalue weighted by molar-refractivity contribution is 5.90. The summed E-state index contributed by atoms with van der Waals surface area (Å²) in [7, 11) is 0. The Bertz CT molecular complexity index is 1430. The lowest BCUT2D eigenvalue weighted by molar-refractivity contribution is -0.386. The first-order valence-corrected chi connectivity index (χ1v) is 14.3. The van der Waals surface area contributed by atoms with Gasteiger partial charge in [0.05, 0.1) is 32.8 Å². The van der Waals surface area contributed by atoms with E-state index < -0.39 is 32.1 Å². The second kappa shape index (κ2) is 12.9. The Labute approximate surface area is 257 Å². The number of aromatic hydroxyl groups is 1. The van der Waals surface area contributed by atoms with E-state index in [1.807, 2.05) is 20.8 Å². The molecule has 0 unspecified atom stereocenters. The highest BCUT2D eigenvalue weighted by Crippen LogP contribution is 2.45. The van der Waals surface area contributed by atoms with Gasteiger partial charge in [-0.05, 0) is 63.5 Å². The molecule has 44 heavy (non-hydrogen) atoms. The zero-order valence-corrected chi connectivity index (χ0v) is 27.2. The molecule has 0 atom stereocenters. The van der Waals surface area contributed by atoms with Crippen molar-refractivity contribution in [2.24, 2.45) is 0 Å². The second-order valence-electron chi connectivity index (χ2n) is 14.0. The number of nitro groups is 2. The van der Waals surface area contributed by atoms with Crippen LogP contribution in [-0.4, -0.2) is 45.2 Å². The smallest absolute Gasteiger partial charge is 0.321 e. The third-order valence-corrected chi connectivity index (χ3v) is 7.64. The summed E-state index contributed by atoms with van der Waals surface area (Å²) in [5.41, 5.74) is -1.33. The van der Waals surface area contributed by atoms with Gasteiger partial charge in [0, 0.05) is 35.5 Å². The fourth-order valence-electron chi connectivity index (χ4n) is 4.69. The Kier molecular flexibility index (Phi) is 10.6. The van der Waals surface area contributed by atoms with Crippen molar-refractivity contribution < 1.29 is 39.1 Å². The zero-order chi connectivity index (χ0) is 34.0. The van der Waals surface area contributed by atoms with Crippen LogP contribution in [0.3, 0.4) is 0 Å². The molecule has 12 heteroatoms. The van der Waals surface area contributed by atoms with Crippen molar-refractivity contribution in [2.75, 3.05) is 13.2 Å². The van der Waals surface area contributed by atoms with E-state index in [1.54, 1.807) is 40.7 Å². The average Bonchev–Trinajstić information content (AvgIpc) is 3.53. The molecule has 12 nitrogen and oxygen atoms in total. The third-order valence-electron chi connectivity index (χ3n) is 7.64. The average molecular weight is 617 g/mol. The van der Waals surface area contributed by atoms with Gasteiger partial charge < -0.3 is 19.7 Å². The number of esters is 1. The standard InChI is InChI=1S/C14H19NO5.C14H17NO4.C4H8O/c1-13(2,3)8-6-9(14(4,5)12(17)18)11(16)7-10(8)15(19)20;1-13(2,3)8-6-9-11(7-10(8)15(17)18)19-12(16)14(9,4)5;1-2-4-5-3-1/h6-7,16H,1-5H3,(H,17,18);6-7H,1-5H3;1-4H2. The Balaban J connectivity index is 0.000000264. The Morgan fingerprint density at radius 3 is 1.66 bits per heavy atom. The largest absolute Gasteiger partial charge is 0.507 e. The first-order chi connectivity index (χ1) is 19.9. The van der Waals surface area contributed by atoms with Crippen LogP contribution in [0.25, 0.3) is 0 Å². The molecule has 2 aromatic rings. The molecule has 2 aromatic carbocycles. The van der Waals surface area contributed by atoms with E-state index in [-0.39, 0.29) is 34.1 Å². The SMILES string of the molecule is C1CCOC1.CC(C)(C)c1cc(C(C)(C)C(=O)O)c(O)cc1[N+](=O)[O-].CC(C)(C)c1cc2c(cc1[N+](=O)[O-])OC(=O)C2(C)C. The van der Waals surface area contributed by atoms with Crippen LogP contribution in [-0.2, 0) is 36.0 Å². The van der Waals surface area contributed by atoms with Gasteiger partial charge in [0.15, 0.2) is 0 Å². The van der Waals surface area contributed by atoms with Crippen LogP contribution in [0.1, 0.15) is 104 Å². The molecule has 1 saturated heterocycles. The fraction of sp³-hybridized carbons (Fsp3) is 0.562. The fourth-order valence-corrected chi connectivity index (χ4v) is 4.69. The number of benzene rings is 2. The molecule has 0 saturated carbocycles. The maximum Gasteiger partial charge on any atom is 0.321 e. The van der Waals surface area contributed by atoms with Crippen molar-refractivity contribution in [3.05, 3.63) is 66.7 Å². The first-order valence-electron chi connectivity index (χ1n) is 14.3. The molecule has 1 fully saturated rings. The van der Waals surface area contributed by atoms with Crippen LogP contribution < -0.4 is 4.74 Å². The summed E-state index contributed by atoms with van der Waals surface area (Å²) in [5, 5.41) is 41.5. The number of phenolic OH excluding ortho intramolecular Hbond substituents is 1.